The molecule has 0 saturated carbocycles. The van der Waals surface area contributed by atoms with Crippen LogP contribution in [0, 0.1) is 0 Å². The number of amides is 2. The number of ether oxygens (including phenoxy) is 3. The second-order valence-corrected chi connectivity index (χ2v) is 8.70. The summed E-state index contributed by atoms with van der Waals surface area (Å²) in [7, 11) is 1.23. The van der Waals surface area contributed by atoms with Crippen LogP contribution in [0.2, 0.25) is 0 Å². The van der Waals surface area contributed by atoms with E-state index < -0.39 is 24.1 Å². The fourth-order valence-corrected chi connectivity index (χ4v) is 3.28. The van der Waals surface area contributed by atoms with Crippen molar-refractivity contribution in [3.63, 3.8) is 0 Å². The normalized spacial score (nSPS) is 11.4. The largest absolute Gasteiger partial charge is 0.573 e. The number of carbonyl (C=O) groups is 2. The average molecular weight is 502 g/mol. The van der Waals surface area contributed by atoms with Crippen LogP contribution in [0.15, 0.2) is 66.7 Å². The molecule has 2 N–H and O–H groups in total. The van der Waals surface area contributed by atoms with Gasteiger partial charge in [0.25, 0.3) is 0 Å². The summed E-state index contributed by atoms with van der Waals surface area (Å²) in [5, 5.41) is 5.13. The maximum Gasteiger partial charge on any atom is 0.573 e. The maximum atomic E-state index is 12.7. The number of hydrogen-bond donors (Lipinski definition) is 2. The third-order valence-corrected chi connectivity index (χ3v) is 4.91. The molecule has 0 atom stereocenters. The molecule has 0 unspecified atom stereocenters. The molecule has 3 aromatic carbocycles. The molecule has 0 heterocycles. The first kappa shape index (κ1) is 26.4. The van der Waals surface area contributed by atoms with Crippen LogP contribution in [0.1, 0.15) is 36.7 Å². The molecule has 0 saturated heterocycles. The highest BCUT2D eigenvalue weighted by Crippen LogP contribution is 2.37. The number of urea groups is 1. The minimum atomic E-state index is -4.82. The van der Waals surface area contributed by atoms with Crippen molar-refractivity contribution < 1.29 is 37.0 Å². The number of esters is 1. The lowest BCUT2D eigenvalue weighted by atomic mass is 9.86. The Kier molecular flexibility index (Phi) is 7.77. The van der Waals surface area contributed by atoms with Crippen molar-refractivity contribution in [2.45, 2.75) is 32.5 Å². The number of methoxy groups -OCH3 is 1. The van der Waals surface area contributed by atoms with Gasteiger partial charge in [0, 0.05) is 11.3 Å². The molecule has 0 spiro atoms. The smallest absolute Gasteiger partial charge is 0.465 e. The van der Waals surface area contributed by atoms with Crippen LogP contribution in [0.3, 0.4) is 0 Å². The highest BCUT2D eigenvalue weighted by molar-refractivity contribution is 6.02. The predicted octanol–water partition coefficient (Wildman–Crippen LogP) is 7.11. The molecule has 10 heteroatoms. The fraction of sp³-hybridized carbons (Fsp3) is 0.231. The number of para-hydroxylation sites is 1. The van der Waals surface area contributed by atoms with Crippen LogP contribution in [0.4, 0.5) is 29.3 Å². The molecule has 0 radical (unpaired) electrons. The van der Waals surface area contributed by atoms with Crippen molar-refractivity contribution in [2.75, 3.05) is 17.7 Å². The van der Waals surface area contributed by atoms with Gasteiger partial charge in [-0.05, 0) is 53.9 Å². The summed E-state index contributed by atoms with van der Waals surface area (Å²) in [6.07, 6.45) is -4.82. The van der Waals surface area contributed by atoms with Crippen molar-refractivity contribution in [2.24, 2.45) is 0 Å². The van der Waals surface area contributed by atoms with E-state index in [2.05, 4.69) is 15.4 Å². The Morgan fingerprint density at radius 1 is 0.833 bits per heavy atom. The first-order valence-corrected chi connectivity index (χ1v) is 10.8. The molecule has 190 valence electrons. The van der Waals surface area contributed by atoms with Gasteiger partial charge in [-0.2, -0.15) is 0 Å². The molecule has 0 aliphatic rings. The van der Waals surface area contributed by atoms with Crippen LogP contribution in [-0.4, -0.2) is 25.5 Å². The predicted molar refractivity (Wildman–Crippen MR) is 129 cm³/mol. The van der Waals surface area contributed by atoms with Gasteiger partial charge in [0.1, 0.15) is 11.5 Å². The first-order chi connectivity index (χ1) is 16.9. The Morgan fingerprint density at radius 2 is 1.50 bits per heavy atom. The van der Waals surface area contributed by atoms with Crippen LogP contribution in [-0.2, 0) is 10.2 Å². The average Bonchev–Trinajstić information content (AvgIpc) is 2.79. The quantitative estimate of drug-likeness (QED) is 0.351. The number of hydrogen-bond acceptors (Lipinski definition) is 5. The fourth-order valence-electron chi connectivity index (χ4n) is 3.28. The number of halogens is 3. The Hall–Kier alpha value is -4.21. The molecule has 2 amide bonds. The Bertz CT molecular complexity index is 1240. The molecular weight excluding hydrogens is 477 g/mol. The number of alkyl halides is 3. The van der Waals surface area contributed by atoms with Crippen LogP contribution in [0.5, 0.6) is 17.2 Å². The van der Waals surface area contributed by atoms with Gasteiger partial charge in [0.2, 0.25) is 0 Å². The monoisotopic (exact) mass is 502 g/mol. The summed E-state index contributed by atoms with van der Waals surface area (Å²) in [6.45, 7) is 6.10. The standard InChI is InChI=1S/C26H25F3N2O5/c1-25(2,3)19-7-5-6-8-21(19)35-22-14-9-16(23(32)34-4)15-20(22)31-24(33)30-17-10-12-18(13-11-17)36-26(27,28)29/h5-15H,1-4H3,(H2,30,31,33). The summed E-state index contributed by atoms with van der Waals surface area (Å²) in [5.74, 6) is -0.198. The van der Waals surface area contributed by atoms with Crippen molar-refractivity contribution in [3.05, 3.63) is 77.9 Å². The lowest BCUT2D eigenvalue weighted by molar-refractivity contribution is -0.274. The van der Waals surface area contributed by atoms with Gasteiger partial charge in [-0.1, -0.05) is 39.0 Å². The van der Waals surface area contributed by atoms with Crippen LogP contribution >= 0.6 is 0 Å². The van der Waals surface area contributed by atoms with E-state index in [4.69, 9.17) is 9.47 Å². The number of carbonyl (C=O) groups excluding carboxylic acids is 2. The van der Waals surface area contributed by atoms with E-state index in [1.165, 1.54) is 37.4 Å². The van der Waals surface area contributed by atoms with Gasteiger partial charge in [-0.3, -0.25) is 0 Å². The van der Waals surface area contributed by atoms with Crippen molar-refractivity contribution in [3.8, 4) is 17.2 Å². The lowest BCUT2D eigenvalue weighted by Crippen LogP contribution is -2.20. The second kappa shape index (κ2) is 10.6. The number of benzene rings is 3. The second-order valence-electron chi connectivity index (χ2n) is 8.70. The van der Waals surface area contributed by atoms with Gasteiger partial charge in [0.15, 0.2) is 5.75 Å². The third-order valence-electron chi connectivity index (χ3n) is 4.91. The Labute approximate surface area is 206 Å². The molecule has 0 aromatic heterocycles. The van der Waals surface area contributed by atoms with E-state index in [1.54, 1.807) is 6.07 Å². The molecule has 0 aliphatic carbocycles. The molecule has 7 nitrogen and oxygen atoms in total. The minimum absolute atomic E-state index is 0.177. The van der Waals surface area contributed by atoms with E-state index in [0.29, 0.717) is 5.75 Å². The summed E-state index contributed by atoms with van der Waals surface area (Å²) in [6, 6.07) is 15.8. The SMILES string of the molecule is COC(=O)c1ccc(Oc2ccccc2C(C)(C)C)c(NC(=O)Nc2ccc(OC(F)(F)F)cc2)c1. The molecule has 0 fully saturated rings. The highest BCUT2D eigenvalue weighted by atomic mass is 19.4. The Morgan fingerprint density at radius 3 is 2.11 bits per heavy atom. The summed E-state index contributed by atoms with van der Waals surface area (Å²) in [5.41, 5.74) is 1.27. The summed E-state index contributed by atoms with van der Waals surface area (Å²) >= 11 is 0. The molecule has 0 bridgehead atoms. The van der Waals surface area contributed by atoms with Crippen LogP contribution in [0.25, 0.3) is 0 Å². The van der Waals surface area contributed by atoms with E-state index in [-0.39, 0.29) is 28.1 Å². The molecule has 0 aliphatic heterocycles. The maximum absolute atomic E-state index is 12.7. The van der Waals surface area contributed by atoms with Gasteiger partial charge >= 0.3 is 18.4 Å². The summed E-state index contributed by atoms with van der Waals surface area (Å²) in [4.78, 5) is 24.7. The van der Waals surface area contributed by atoms with E-state index >= 15 is 0 Å². The van der Waals surface area contributed by atoms with Crippen molar-refractivity contribution >= 4 is 23.4 Å². The van der Waals surface area contributed by atoms with Gasteiger partial charge in [0.05, 0.1) is 18.4 Å². The van der Waals surface area contributed by atoms with E-state index in [1.807, 2.05) is 39.0 Å². The third kappa shape index (κ3) is 7.14. The highest BCUT2D eigenvalue weighted by Gasteiger charge is 2.31. The molecular formula is C26H25F3N2O5. The zero-order chi connectivity index (χ0) is 26.5. The topological polar surface area (TPSA) is 85.9 Å². The van der Waals surface area contributed by atoms with Crippen molar-refractivity contribution in [1.29, 1.82) is 0 Å². The molecule has 36 heavy (non-hydrogen) atoms. The van der Waals surface area contributed by atoms with Gasteiger partial charge in [-0.15, -0.1) is 13.2 Å². The van der Waals surface area contributed by atoms with E-state index in [0.717, 1.165) is 17.7 Å². The van der Waals surface area contributed by atoms with E-state index in [9.17, 15) is 22.8 Å². The number of nitrogens with one attached hydrogen (secondary N) is 2. The number of rotatable bonds is 6. The lowest BCUT2D eigenvalue weighted by Gasteiger charge is -2.23. The number of anilines is 2. The molecule has 3 aromatic rings. The zero-order valence-corrected chi connectivity index (χ0v) is 20.0. The minimum Gasteiger partial charge on any atom is -0.465 e. The summed E-state index contributed by atoms with van der Waals surface area (Å²) < 4.78 is 51.8. The van der Waals surface area contributed by atoms with Crippen LogP contribution < -0.4 is 20.1 Å². The first-order valence-electron chi connectivity index (χ1n) is 10.8. The molecule has 3 rings (SSSR count). The zero-order valence-electron chi connectivity index (χ0n) is 20.0. The van der Waals surface area contributed by atoms with Gasteiger partial charge < -0.3 is 24.8 Å². The Balaban J connectivity index is 1.85. The van der Waals surface area contributed by atoms with Gasteiger partial charge in [-0.25, -0.2) is 9.59 Å². The van der Waals surface area contributed by atoms with Crippen molar-refractivity contribution in [1.82, 2.24) is 0 Å².